The van der Waals surface area contributed by atoms with Crippen molar-refractivity contribution in [3.05, 3.63) is 64.8 Å². The standard InChI is InChI=1S/C19H17FN2O3S2/c1-11-16(12-5-9-15(10-6-12)22-27(2,24)25)18(26-17(11)19(21)23)13-3-7-14(20)8-4-13/h3-10,22H,1-2H3,(H2,21,23). The molecule has 1 heterocycles. The molecule has 0 atom stereocenters. The van der Waals surface area contributed by atoms with Crippen molar-refractivity contribution in [1.29, 1.82) is 0 Å². The van der Waals surface area contributed by atoms with Gasteiger partial charge < -0.3 is 5.73 Å². The van der Waals surface area contributed by atoms with Crippen molar-refractivity contribution < 1.29 is 17.6 Å². The summed E-state index contributed by atoms with van der Waals surface area (Å²) in [6.45, 7) is 1.81. The van der Waals surface area contributed by atoms with E-state index >= 15 is 0 Å². The zero-order valence-electron chi connectivity index (χ0n) is 14.6. The topological polar surface area (TPSA) is 89.3 Å². The van der Waals surface area contributed by atoms with Gasteiger partial charge in [0.1, 0.15) is 5.82 Å². The van der Waals surface area contributed by atoms with E-state index in [9.17, 15) is 17.6 Å². The Kier molecular flexibility index (Phi) is 5.03. The zero-order valence-corrected chi connectivity index (χ0v) is 16.2. The second kappa shape index (κ2) is 7.13. The van der Waals surface area contributed by atoms with E-state index in [2.05, 4.69) is 4.72 Å². The summed E-state index contributed by atoms with van der Waals surface area (Å²) in [5.41, 5.74) is 9.06. The molecule has 0 saturated carbocycles. The molecule has 0 fully saturated rings. The van der Waals surface area contributed by atoms with Crippen molar-refractivity contribution in [3.63, 3.8) is 0 Å². The number of hydrogen-bond acceptors (Lipinski definition) is 4. The molecule has 0 radical (unpaired) electrons. The summed E-state index contributed by atoms with van der Waals surface area (Å²) in [6.07, 6.45) is 1.08. The van der Waals surface area contributed by atoms with Gasteiger partial charge in [0, 0.05) is 16.1 Å². The van der Waals surface area contributed by atoms with Crippen LogP contribution >= 0.6 is 11.3 Å². The smallest absolute Gasteiger partial charge is 0.259 e. The number of anilines is 1. The van der Waals surface area contributed by atoms with Crippen LogP contribution in [0.5, 0.6) is 0 Å². The van der Waals surface area contributed by atoms with Crippen LogP contribution in [0.4, 0.5) is 10.1 Å². The number of primary amides is 1. The quantitative estimate of drug-likeness (QED) is 0.674. The van der Waals surface area contributed by atoms with Gasteiger partial charge in [-0.2, -0.15) is 0 Å². The fourth-order valence-electron chi connectivity index (χ4n) is 2.82. The van der Waals surface area contributed by atoms with Gasteiger partial charge in [-0.25, -0.2) is 12.8 Å². The molecule has 8 heteroatoms. The van der Waals surface area contributed by atoms with Gasteiger partial charge in [0.2, 0.25) is 10.0 Å². The van der Waals surface area contributed by atoms with Gasteiger partial charge in [-0.15, -0.1) is 11.3 Å². The first kappa shape index (κ1) is 19.1. The van der Waals surface area contributed by atoms with Crippen molar-refractivity contribution in [1.82, 2.24) is 0 Å². The summed E-state index contributed by atoms with van der Waals surface area (Å²) >= 11 is 1.25. The highest BCUT2D eigenvalue weighted by molar-refractivity contribution is 7.92. The lowest BCUT2D eigenvalue weighted by Crippen LogP contribution is -2.10. The average Bonchev–Trinajstić information content (AvgIpc) is 2.92. The Balaban J connectivity index is 2.13. The molecule has 0 unspecified atom stereocenters. The van der Waals surface area contributed by atoms with Crippen LogP contribution in [-0.2, 0) is 10.0 Å². The van der Waals surface area contributed by atoms with E-state index in [0.717, 1.165) is 33.4 Å². The molecular weight excluding hydrogens is 387 g/mol. The Hall–Kier alpha value is -2.71. The molecule has 27 heavy (non-hydrogen) atoms. The summed E-state index contributed by atoms with van der Waals surface area (Å²) in [4.78, 5) is 13.0. The lowest BCUT2D eigenvalue weighted by atomic mass is 9.97. The van der Waals surface area contributed by atoms with Crippen molar-refractivity contribution >= 4 is 33.0 Å². The normalized spacial score (nSPS) is 11.4. The summed E-state index contributed by atoms with van der Waals surface area (Å²) in [5, 5.41) is 0. The molecule has 3 rings (SSSR count). The highest BCUT2D eigenvalue weighted by atomic mass is 32.2. The van der Waals surface area contributed by atoms with Gasteiger partial charge in [0.25, 0.3) is 5.91 Å². The third-order valence-corrected chi connectivity index (χ3v) is 5.92. The minimum Gasteiger partial charge on any atom is -0.365 e. The lowest BCUT2D eigenvalue weighted by molar-refractivity contribution is 0.100. The summed E-state index contributed by atoms with van der Waals surface area (Å²) in [7, 11) is -3.37. The fourth-order valence-corrected chi connectivity index (χ4v) is 4.57. The molecule has 0 spiro atoms. The Bertz CT molecular complexity index is 1100. The predicted molar refractivity (Wildman–Crippen MR) is 107 cm³/mol. The third-order valence-electron chi connectivity index (χ3n) is 3.95. The van der Waals surface area contributed by atoms with Gasteiger partial charge in [0.15, 0.2) is 0 Å². The number of rotatable bonds is 5. The van der Waals surface area contributed by atoms with E-state index in [0.29, 0.717) is 10.6 Å². The summed E-state index contributed by atoms with van der Waals surface area (Å²) in [5.74, 6) is -0.873. The second-order valence-electron chi connectivity index (χ2n) is 6.08. The number of nitrogens with one attached hydrogen (secondary N) is 1. The number of nitrogens with two attached hydrogens (primary N) is 1. The van der Waals surface area contributed by atoms with Crippen LogP contribution in [0.3, 0.4) is 0 Å². The van der Waals surface area contributed by atoms with Gasteiger partial charge in [-0.1, -0.05) is 24.3 Å². The Morgan fingerprint density at radius 3 is 2.11 bits per heavy atom. The summed E-state index contributed by atoms with van der Waals surface area (Å²) in [6, 6.07) is 12.8. The number of sulfonamides is 1. The first-order valence-corrected chi connectivity index (χ1v) is 10.6. The SMILES string of the molecule is Cc1c(C(N)=O)sc(-c2ccc(F)cc2)c1-c1ccc(NS(C)(=O)=O)cc1. The van der Waals surface area contributed by atoms with Crippen LogP contribution in [0.2, 0.25) is 0 Å². The number of carbonyl (C=O) groups is 1. The van der Waals surface area contributed by atoms with Gasteiger partial charge >= 0.3 is 0 Å². The molecule has 0 bridgehead atoms. The molecule has 3 aromatic rings. The van der Waals surface area contributed by atoms with Gasteiger partial charge in [0.05, 0.1) is 11.1 Å². The van der Waals surface area contributed by atoms with E-state index in [1.54, 1.807) is 36.4 Å². The number of benzene rings is 2. The highest BCUT2D eigenvalue weighted by Crippen LogP contribution is 2.43. The zero-order chi connectivity index (χ0) is 19.8. The monoisotopic (exact) mass is 404 g/mol. The second-order valence-corrected chi connectivity index (χ2v) is 8.85. The first-order valence-electron chi connectivity index (χ1n) is 7.93. The van der Waals surface area contributed by atoms with Crippen LogP contribution in [0.1, 0.15) is 15.2 Å². The number of hydrogen-bond donors (Lipinski definition) is 2. The molecule has 0 aliphatic carbocycles. The molecule has 1 amide bonds. The van der Waals surface area contributed by atoms with E-state index in [4.69, 9.17) is 5.73 Å². The summed E-state index contributed by atoms with van der Waals surface area (Å²) < 4.78 is 38.4. The van der Waals surface area contributed by atoms with Crippen molar-refractivity contribution in [2.75, 3.05) is 11.0 Å². The Labute approximate surface area is 160 Å². The van der Waals surface area contributed by atoms with Crippen molar-refractivity contribution in [3.8, 4) is 21.6 Å². The number of thiophene rings is 1. The lowest BCUT2D eigenvalue weighted by Gasteiger charge is -2.09. The van der Waals surface area contributed by atoms with E-state index in [1.807, 2.05) is 6.92 Å². The molecular formula is C19H17FN2O3S2. The average molecular weight is 404 g/mol. The Morgan fingerprint density at radius 2 is 1.59 bits per heavy atom. The first-order chi connectivity index (χ1) is 12.7. The van der Waals surface area contributed by atoms with E-state index in [-0.39, 0.29) is 5.82 Å². The largest absolute Gasteiger partial charge is 0.365 e. The molecule has 0 aliphatic rings. The fraction of sp³-hybridized carbons (Fsp3) is 0.105. The van der Waals surface area contributed by atoms with Crippen LogP contribution < -0.4 is 10.5 Å². The maximum Gasteiger partial charge on any atom is 0.259 e. The van der Waals surface area contributed by atoms with Crippen molar-refractivity contribution in [2.24, 2.45) is 5.73 Å². The number of amides is 1. The minimum absolute atomic E-state index is 0.347. The third kappa shape index (κ3) is 4.17. The maximum atomic E-state index is 13.3. The number of halogens is 1. The van der Waals surface area contributed by atoms with Gasteiger partial charge in [-0.05, 0) is 47.9 Å². The van der Waals surface area contributed by atoms with Crippen LogP contribution in [0.15, 0.2) is 48.5 Å². The molecule has 0 aliphatic heterocycles. The highest BCUT2D eigenvalue weighted by Gasteiger charge is 2.21. The molecule has 140 valence electrons. The maximum absolute atomic E-state index is 13.3. The molecule has 1 aromatic heterocycles. The van der Waals surface area contributed by atoms with Gasteiger partial charge in [-0.3, -0.25) is 9.52 Å². The minimum atomic E-state index is -3.37. The Morgan fingerprint density at radius 1 is 1.04 bits per heavy atom. The van der Waals surface area contributed by atoms with E-state index in [1.165, 1.54) is 23.5 Å². The van der Waals surface area contributed by atoms with Crippen LogP contribution in [0.25, 0.3) is 21.6 Å². The van der Waals surface area contributed by atoms with Crippen LogP contribution in [0, 0.1) is 12.7 Å². The number of carbonyl (C=O) groups excluding carboxylic acids is 1. The molecule has 3 N–H and O–H groups in total. The van der Waals surface area contributed by atoms with E-state index < -0.39 is 15.9 Å². The molecule has 0 saturated heterocycles. The van der Waals surface area contributed by atoms with Crippen LogP contribution in [-0.4, -0.2) is 20.6 Å². The predicted octanol–water partition coefficient (Wildman–Crippen LogP) is 4.00. The molecule has 2 aromatic carbocycles. The molecule has 5 nitrogen and oxygen atoms in total. The van der Waals surface area contributed by atoms with Crippen molar-refractivity contribution in [2.45, 2.75) is 6.92 Å².